The fourth-order valence-corrected chi connectivity index (χ4v) is 3.94. The summed E-state index contributed by atoms with van der Waals surface area (Å²) in [4.78, 5) is 22.5. The quantitative estimate of drug-likeness (QED) is 0.905. The first-order valence-electron chi connectivity index (χ1n) is 9.05. The molecule has 6 heteroatoms. The maximum Gasteiger partial charge on any atom is 0.258 e. The largest absolute Gasteiger partial charge is 0.381 e. The van der Waals surface area contributed by atoms with Crippen molar-refractivity contribution in [3.05, 3.63) is 40.4 Å². The Kier molecular flexibility index (Phi) is 4.58. The normalized spacial score (nSPS) is 22.8. The highest BCUT2D eigenvalue weighted by Gasteiger charge is 2.38. The zero-order valence-corrected chi connectivity index (χ0v) is 14.7. The summed E-state index contributed by atoms with van der Waals surface area (Å²) < 4.78 is 11.5. The second kappa shape index (κ2) is 6.86. The van der Waals surface area contributed by atoms with Crippen molar-refractivity contribution in [2.75, 3.05) is 39.5 Å². The molecule has 1 spiro atoms. The van der Waals surface area contributed by atoms with E-state index in [4.69, 9.17) is 14.5 Å². The van der Waals surface area contributed by atoms with Crippen molar-refractivity contribution in [3.8, 4) is 0 Å². The van der Waals surface area contributed by atoms with Crippen LogP contribution in [0.4, 0.5) is 0 Å². The number of rotatable bonds is 2. The SMILES string of the molecule is CC(c1nc2ccccc2c(=O)[nH]1)N1CCOCC2(CCOCC2)C1. The van der Waals surface area contributed by atoms with Gasteiger partial charge >= 0.3 is 0 Å². The Morgan fingerprint density at radius 3 is 2.84 bits per heavy atom. The second-order valence-corrected chi connectivity index (χ2v) is 7.28. The monoisotopic (exact) mass is 343 g/mol. The minimum atomic E-state index is -0.0701. The Morgan fingerprint density at radius 1 is 1.20 bits per heavy atom. The summed E-state index contributed by atoms with van der Waals surface area (Å²) in [6, 6.07) is 7.53. The Hall–Kier alpha value is -1.76. The van der Waals surface area contributed by atoms with Gasteiger partial charge < -0.3 is 14.5 Å². The predicted molar refractivity (Wildman–Crippen MR) is 95.7 cm³/mol. The van der Waals surface area contributed by atoms with Crippen LogP contribution >= 0.6 is 0 Å². The first-order chi connectivity index (χ1) is 12.2. The standard InChI is InChI=1S/C19H25N3O3/c1-14(17-20-16-5-3-2-4-15(16)18(23)21-17)22-8-11-25-13-19(12-22)6-9-24-10-7-19/h2-5,14H,6-13H2,1H3,(H,20,21,23). The summed E-state index contributed by atoms with van der Waals surface area (Å²) in [5, 5.41) is 0.638. The third-order valence-corrected chi connectivity index (χ3v) is 5.60. The highest BCUT2D eigenvalue weighted by molar-refractivity contribution is 5.77. The van der Waals surface area contributed by atoms with Crippen LogP contribution in [0.1, 0.15) is 31.6 Å². The number of fused-ring (bicyclic) bond motifs is 1. The molecule has 0 aliphatic carbocycles. The van der Waals surface area contributed by atoms with Gasteiger partial charge in [-0.25, -0.2) is 4.98 Å². The second-order valence-electron chi connectivity index (χ2n) is 7.28. The minimum Gasteiger partial charge on any atom is -0.381 e. The fourth-order valence-electron chi connectivity index (χ4n) is 3.94. The third-order valence-electron chi connectivity index (χ3n) is 5.60. The first-order valence-corrected chi connectivity index (χ1v) is 9.05. The van der Waals surface area contributed by atoms with Crippen molar-refractivity contribution >= 4 is 10.9 Å². The van der Waals surface area contributed by atoms with Crippen LogP contribution in [0.3, 0.4) is 0 Å². The van der Waals surface area contributed by atoms with Gasteiger partial charge in [0, 0.05) is 31.7 Å². The molecule has 25 heavy (non-hydrogen) atoms. The Morgan fingerprint density at radius 2 is 2.00 bits per heavy atom. The van der Waals surface area contributed by atoms with Crippen LogP contribution < -0.4 is 5.56 Å². The molecule has 2 aliphatic heterocycles. The van der Waals surface area contributed by atoms with Gasteiger partial charge in [0.2, 0.25) is 0 Å². The molecule has 1 N–H and O–H groups in total. The van der Waals surface area contributed by atoms with Gasteiger partial charge in [0.1, 0.15) is 5.82 Å². The molecule has 0 amide bonds. The molecule has 3 heterocycles. The molecule has 2 fully saturated rings. The molecule has 0 bridgehead atoms. The van der Waals surface area contributed by atoms with Crippen molar-refractivity contribution in [2.45, 2.75) is 25.8 Å². The van der Waals surface area contributed by atoms with Gasteiger partial charge in [0.25, 0.3) is 5.56 Å². The van der Waals surface area contributed by atoms with Crippen molar-refractivity contribution < 1.29 is 9.47 Å². The van der Waals surface area contributed by atoms with E-state index in [1.54, 1.807) is 0 Å². The van der Waals surface area contributed by atoms with Gasteiger partial charge in [-0.1, -0.05) is 12.1 Å². The lowest BCUT2D eigenvalue weighted by Crippen LogP contribution is -2.43. The summed E-state index contributed by atoms with van der Waals surface area (Å²) in [7, 11) is 0. The van der Waals surface area contributed by atoms with Crippen LogP contribution in [-0.4, -0.2) is 54.4 Å². The number of aromatic amines is 1. The Bertz CT molecular complexity index is 798. The summed E-state index contributed by atoms with van der Waals surface area (Å²) in [5.41, 5.74) is 0.833. The Labute approximate surface area is 147 Å². The number of hydrogen-bond donors (Lipinski definition) is 1. The van der Waals surface area contributed by atoms with E-state index in [-0.39, 0.29) is 17.0 Å². The zero-order valence-electron chi connectivity index (χ0n) is 14.7. The number of para-hydroxylation sites is 1. The smallest absolute Gasteiger partial charge is 0.258 e. The lowest BCUT2D eigenvalue weighted by molar-refractivity contribution is -0.0339. The first kappa shape index (κ1) is 16.7. The van der Waals surface area contributed by atoms with Crippen molar-refractivity contribution in [1.29, 1.82) is 0 Å². The summed E-state index contributed by atoms with van der Waals surface area (Å²) in [6.07, 6.45) is 2.05. The molecule has 2 saturated heterocycles. The molecule has 2 aromatic rings. The Balaban J connectivity index is 1.63. The lowest BCUT2D eigenvalue weighted by Gasteiger charge is -2.39. The molecule has 6 nitrogen and oxygen atoms in total. The third kappa shape index (κ3) is 3.34. The molecule has 0 saturated carbocycles. The van der Waals surface area contributed by atoms with Crippen molar-refractivity contribution in [1.82, 2.24) is 14.9 Å². The van der Waals surface area contributed by atoms with E-state index >= 15 is 0 Å². The van der Waals surface area contributed by atoms with Gasteiger partial charge in [-0.2, -0.15) is 0 Å². The van der Waals surface area contributed by atoms with Crippen molar-refractivity contribution in [3.63, 3.8) is 0 Å². The van der Waals surface area contributed by atoms with Gasteiger partial charge in [-0.05, 0) is 31.9 Å². The maximum atomic E-state index is 12.4. The van der Waals surface area contributed by atoms with E-state index in [1.165, 1.54) is 0 Å². The van der Waals surface area contributed by atoms with Crippen molar-refractivity contribution in [2.24, 2.45) is 5.41 Å². The molecule has 1 aromatic heterocycles. The van der Waals surface area contributed by atoms with E-state index in [1.807, 2.05) is 24.3 Å². The van der Waals surface area contributed by atoms with E-state index in [0.29, 0.717) is 12.0 Å². The van der Waals surface area contributed by atoms with Crippen LogP contribution in [0.15, 0.2) is 29.1 Å². The van der Waals surface area contributed by atoms with E-state index in [9.17, 15) is 4.79 Å². The molecule has 134 valence electrons. The van der Waals surface area contributed by atoms with Crippen LogP contribution in [0.5, 0.6) is 0 Å². The van der Waals surface area contributed by atoms with Gasteiger partial charge in [0.05, 0.1) is 30.2 Å². The number of hydrogen-bond acceptors (Lipinski definition) is 5. The fraction of sp³-hybridized carbons (Fsp3) is 0.579. The average molecular weight is 343 g/mol. The van der Waals surface area contributed by atoms with Gasteiger partial charge in [-0.3, -0.25) is 9.69 Å². The molecule has 2 aliphatic rings. The molecule has 1 atom stereocenters. The number of nitrogens with zero attached hydrogens (tertiary/aromatic N) is 2. The average Bonchev–Trinajstić information content (AvgIpc) is 2.84. The van der Waals surface area contributed by atoms with E-state index < -0.39 is 0 Å². The molecular formula is C19H25N3O3. The van der Waals surface area contributed by atoms with E-state index in [0.717, 1.165) is 57.1 Å². The molecule has 0 radical (unpaired) electrons. The van der Waals surface area contributed by atoms with Gasteiger partial charge in [0.15, 0.2) is 0 Å². The molecule has 1 aromatic carbocycles. The number of nitrogens with one attached hydrogen (secondary N) is 1. The lowest BCUT2D eigenvalue weighted by atomic mass is 9.80. The van der Waals surface area contributed by atoms with Crippen LogP contribution in [0.25, 0.3) is 10.9 Å². The summed E-state index contributed by atoms with van der Waals surface area (Å²) in [6.45, 7) is 7.03. The highest BCUT2D eigenvalue weighted by Crippen LogP contribution is 2.35. The number of ether oxygens (including phenoxy) is 2. The maximum absolute atomic E-state index is 12.4. The number of aromatic nitrogens is 2. The predicted octanol–water partition coefficient (Wildman–Crippen LogP) is 2.11. The topological polar surface area (TPSA) is 67.5 Å². The number of benzene rings is 1. The van der Waals surface area contributed by atoms with Crippen LogP contribution in [0, 0.1) is 5.41 Å². The minimum absolute atomic E-state index is 0.0405. The summed E-state index contributed by atoms with van der Waals surface area (Å²) in [5.74, 6) is 0.729. The molecule has 1 unspecified atom stereocenters. The van der Waals surface area contributed by atoms with Crippen LogP contribution in [0.2, 0.25) is 0 Å². The highest BCUT2D eigenvalue weighted by atomic mass is 16.5. The van der Waals surface area contributed by atoms with E-state index in [2.05, 4.69) is 16.8 Å². The number of H-pyrrole nitrogens is 1. The summed E-state index contributed by atoms with van der Waals surface area (Å²) >= 11 is 0. The van der Waals surface area contributed by atoms with Crippen LogP contribution in [-0.2, 0) is 9.47 Å². The molecular weight excluding hydrogens is 318 g/mol. The molecule has 4 rings (SSSR count). The zero-order chi connectivity index (χ0) is 17.3. The van der Waals surface area contributed by atoms with Gasteiger partial charge in [-0.15, -0.1) is 0 Å².